The van der Waals surface area contributed by atoms with Gasteiger partial charge in [-0.2, -0.15) is 0 Å². The van der Waals surface area contributed by atoms with Crippen LogP contribution in [0.4, 0.5) is 4.79 Å². The van der Waals surface area contributed by atoms with Crippen molar-refractivity contribution in [1.82, 2.24) is 5.32 Å². The number of nitrogens with one attached hydrogen (secondary N) is 1. The quantitative estimate of drug-likeness (QED) is 0.584. The predicted molar refractivity (Wildman–Crippen MR) is 70.7 cm³/mol. The average molecular weight is 283 g/mol. The lowest BCUT2D eigenvalue weighted by Crippen LogP contribution is -2.35. The largest absolute Gasteiger partial charge is 0.468 e. The van der Waals surface area contributed by atoms with E-state index in [0.717, 1.165) is 0 Å². The minimum Gasteiger partial charge on any atom is -0.468 e. The molecule has 0 aromatic carbocycles. The Bertz CT molecular complexity index is 266. The molecule has 7 heteroatoms. The van der Waals surface area contributed by atoms with Crippen LogP contribution in [0.15, 0.2) is 0 Å². The summed E-state index contributed by atoms with van der Waals surface area (Å²) in [4.78, 5) is 22.2. The topological polar surface area (TPSA) is 90.6 Å². The molecule has 0 aromatic heterocycles. The molecule has 0 aromatic rings. The first-order valence-corrected chi connectivity index (χ1v) is 5.56. The van der Waals surface area contributed by atoms with Crippen LogP contribution in [0.5, 0.6) is 0 Å². The summed E-state index contributed by atoms with van der Waals surface area (Å²) in [5.41, 5.74) is 5.02. The first kappa shape index (κ1) is 19.3. The van der Waals surface area contributed by atoms with Crippen molar-refractivity contribution >= 4 is 24.5 Å². The van der Waals surface area contributed by atoms with E-state index in [1.54, 1.807) is 20.8 Å². The minimum atomic E-state index is -0.638. The number of carbonyl (C=O) groups is 2. The Morgan fingerprint density at radius 3 is 2.33 bits per heavy atom. The number of ether oxygens (including phenoxy) is 2. The Kier molecular flexibility index (Phi) is 9.66. The Labute approximate surface area is 114 Å². The Balaban J connectivity index is 0. The molecule has 0 radical (unpaired) electrons. The predicted octanol–water partition coefficient (Wildman–Crippen LogP) is 1.21. The minimum absolute atomic E-state index is 0. The van der Waals surface area contributed by atoms with Crippen LogP contribution in [0.1, 0.15) is 33.6 Å². The Hall–Kier alpha value is -1.01. The second kappa shape index (κ2) is 8.99. The molecule has 0 aliphatic heterocycles. The molecule has 18 heavy (non-hydrogen) atoms. The van der Waals surface area contributed by atoms with Gasteiger partial charge in [0.05, 0.1) is 7.11 Å². The maximum Gasteiger partial charge on any atom is 0.407 e. The summed E-state index contributed by atoms with van der Waals surface area (Å²) >= 11 is 0. The molecule has 0 aliphatic rings. The van der Waals surface area contributed by atoms with Gasteiger partial charge in [-0.25, -0.2) is 4.79 Å². The molecule has 1 atom stereocenters. The first-order valence-electron chi connectivity index (χ1n) is 5.56. The molecule has 3 N–H and O–H groups in total. The fourth-order valence-electron chi connectivity index (χ4n) is 1.10. The van der Waals surface area contributed by atoms with Gasteiger partial charge in [0.1, 0.15) is 11.6 Å². The van der Waals surface area contributed by atoms with Crippen molar-refractivity contribution in [2.75, 3.05) is 13.7 Å². The third-order valence-corrected chi connectivity index (χ3v) is 1.86. The summed E-state index contributed by atoms with van der Waals surface area (Å²) in [5, 5.41) is 2.58. The fourth-order valence-corrected chi connectivity index (χ4v) is 1.10. The van der Waals surface area contributed by atoms with Gasteiger partial charge in [-0.1, -0.05) is 0 Å². The molecular formula is C11H23ClN2O4. The second-order valence-electron chi connectivity index (χ2n) is 4.70. The number of amides is 1. The number of carbonyl (C=O) groups excluding carboxylic acids is 2. The van der Waals surface area contributed by atoms with Gasteiger partial charge in [0, 0.05) is 6.54 Å². The van der Waals surface area contributed by atoms with Crippen LogP contribution in [0.2, 0.25) is 0 Å². The molecule has 0 rings (SSSR count). The van der Waals surface area contributed by atoms with Crippen LogP contribution in [0.25, 0.3) is 0 Å². The van der Waals surface area contributed by atoms with Gasteiger partial charge in [0.2, 0.25) is 0 Å². The molecule has 0 aliphatic carbocycles. The summed E-state index contributed by atoms with van der Waals surface area (Å²) in [6.45, 7) is 5.79. The standard InChI is InChI=1S/C11H22N2O4.ClH/c1-11(2,3)17-10(15)13-7-5-6-8(12)9(14)16-4;/h8H,5-7,12H2,1-4H3,(H,13,15);1H/t8-;/m1./s1. The maximum atomic E-state index is 11.2. The van der Waals surface area contributed by atoms with Crippen molar-refractivity contribution in [2.24, 2.45) is 5.73 Å². The zero-order chi connectivity index (χ0) is 13.5. The summed E-state index contributed by atoms with van der Waals surface area (Å²) in [6, 6.07) is -0.638. The molecule has 108 valence electrons. The van der Waals surface area contributed by atoms with Crippen LogP contribution in [-0.4, -0.2) is 37.4 Å². The van der Waals surface area contributed by atoms with E-state index in [9.17, 15) is 9.59 Å². The number of rotatable bonds is 5. The van der Waals surface area contributed by atoms with Gasteiger partial charge in [-0.3, -0.25) is 4.79 Å². The summed E-state index contributed by atoms with van der Waals surface area (Å²) < 4.78 is 9.52. The average Bonchev–Trinajstić information content (AvgIpc) is 2.20. The summed E-state index contributed by atoms with van der Waals surface area (Å²) in [6.07, 6.45) is 0.585. The molecule has 0 spiro atoms. The highest BCUT2D eigenvalue weighted by Crippen LogP contribution is 2.06. The van der Waals surface area contributed by atoms with Crippen molar-refractivity contribution in [3.8, 4) is 0 Å². The van der Waals surface area contributed by atoms with E-state index < -0.39 is 23.7 Å². The number of halogens is 1. The van der Waals surface area contributed by atoms with Crippen molar-refractivity contribution in [1.29, 1.82) is 0 Å². The zero-order valence-electron chi connectivity index (χ0n) is 11.3. The van der Waals surface area contributed by atoms with Crippen molar-refractivity contribution < 1.29 is 19.1 Å². The Morgan fingerprint density at radius 1 is 1.33 bits per heavy atom. The number of alkyl carbamates (subject to hydrolysis) is 1. The summed E-state index contributed by atoms with van der Waals surface area (Å²) in [7, 11) is 1.29. The SMILES string of the molecule is COC(=O)[C@H](N)CCCNC(=O)OC(C)(C)C.Cl. The zero-order valence-corrected chi connectivity index (χ0v) is 12.1. The molecule has 0 saturated carbocycles. The number of hydrogen-bond donors (Lipinski definition) is 2. The lowest BCUT2D eigenvalue weighted by atomic mass is 10.2. The van der Waals surface area contributed by atoms with Crippen LogP contribution >= 0.6 is 12.4 Å². The maximum absolute atomic E-state index is 11.2. The van der Waals surface area contributed by atoms with Gasteiger partial charge >= 0.3 is 12.1 Å². The van der Waals surface area contributed by atoms with Gasteiger partial charge in [0.25, 0.3) is 0 Å². The number of methoxy groups -OCH3 is 1. The van der Waals surface area contributed by atoms with E-state index in [0.29, 0.717) is 19.4 Å². The fraction of sp³-hybridized carbons (Fsp3) is 0.818. The van der Waals surface area contributed by atoms with Gasteiger partial charge in [-0.05, 0) is 33.6 Å². The van der Waals surface area contributed by atoms with Crippen molar-refractivity contribution in [3.63, 3.8) is 0 Å². The van der Waals surface area contributed by atoms with Crippen LogP contribution in [-0.2, 0) is 14.3 Å². The molecular weight excluding hydrogens is 260 g/mol. The van der Waals surface area contributed by atoms with Gasteiger partial charge < -0.3 is 20.5 Å². The van der Waals surface area contributed by atoms with E-state index >= 15 is 0 Å². The van der Waals surface area contributed by atoms with Crippen molar-refractivity contribution in [3.05, 3.63) is 0 Å². The highest BCUT2D eigenvalue weighted by molar-refractivity contribution is 5.85. The highest BCUT2D eigenvalue weighted by Gasteiger charge is 2.16. The third kappa shape index (κ3) is 10.2. The molecule has 0 bridgehead atoms. The van der Waals surface area contributed by atoms with Crippen LogP contribution in [0, 0.1) is 0 Å². The first-order chi connectivity index (χ1) is 7.76. The number of hydrogen-bond acceptors (Lipinski definition) is 5. The molecule has 0 saturated heterocycles. The van der Waals surface area contributed by atoms with E-state index in [1.807, 2.05) is 0 Å². The van der Waals surface area contributed by atoms with E-state index in [2.05, 4.69) is 10.1 Å². The summed E-state index contributed by atoms with van der Waals surface area (Å²) in [5.74, 6) is -0.442. The smallest absolute Gasteiger partial charge is 0.407 e. The lowest BCUT2D eigenvalue weighted by Gasteiger charge is -2.19. The van der Waals surface area contributed by atoms with Crippen molar-refractivity contribution in [2.45, 2.75) is 45.3 Å². The van der Waals surface area contributed by atoms with Gasteiger partial charge in [-0.15, -0.1) is 12.4 Å². The normalized spacial score (nSPS) is 12.1. The van der Waals surface area contributed by atoms with E-state index in [4.69, 9.17) is 10.5 Å². The second-order valence-corrected chi connectivity index (χ2v) is 4.70. The molecule has 0 fully saturated rings. The Morgan fingerprint density at radius 2 is 1.89 bits per heavy atom. The highest BCUT2D eigenvalue weighted by atomic mass is 35.5. The molecule has 1 amide bonds. The lowest BCUT2D eigenvalue weighted by molar-refractivity contribution is -0.142. The van der Waals surface area contributed by atoms with Gasteiger partial charge in [0.15, 0.2) is 0 Å². The molecule has 6 nitrogen and oxygen atoms in total. The number of esters is 1. The number of nitrogens with two attached hydrogens (primary N) is 1. The van der Waals surface area contributed by atoms with E-state index in [-0.39, 0.29) is 12.4 Å². The van der Waals surface area contributed by atoms with Crippen LogP contribution in [0.3, 0.4) is 0 Å². The van der Waals surface area contributed by atoms with E-state index in [1.165, 1.54) is 7.11 Å². The monoisotopic (exact) mass is 282 g/mol. The molecule has 0 unspecified atom stereocenters. The third-order valence-electron chi connectivity index (χ3n) is 1.86. The van der Waals surface area contributed by atoms with Crippen LogP contribution < -0.4 is 11.1 Å². The molecule has 0 heterocycles.